The highest BCUT2D eigenvalue weighted by molar-refractivity contribution is 7.09. The molecule has 0 amide bonds. The van der Waals surface area contributed by atoms with E-state index in [-0.39, 0.29) is 0 Å². The van der Waals surface area contributed by atoms with Crippen molar-refractivity contribution in [2.24, 2.45) is 4.99 Å². The van der Waals surface area contributed by atoms with Gasteiger partial charge in [0.05, 0.1) is 10.7 Å². The molecule has 0 saturated carbocycles. The SMILES string of the molecule is CCNC(=NCCc1csc(C)n1)NC1CCN(c2ccc(C)cc2)C1. The molecule has 2 aromatic rings. The highest BCUT2D eigenvalue weighted by atomic mass is 32.1. The maximum Gasteiger partial charge on any atom is 0.191 e. The summed E-state index contributed by atoms with van der Waals surface area (Å²) in [5.74, 6) is 0.912. The zero-order valence-electron chi connectivity index (χ0n) is 16.0. The van der Waals surface area contributed by atoms with Crippen molar-refractivity contribution in [2.75, 3.05) is 31.1 Å². The van der Waals surface area contributed by atoms with Gasteiger partial charge < -0.3 is 15.5 Å². The van der Waals surface area contributed by atoms with Crippen molar-refractivity contribution in [3.8, 4) is 0 Å². The van der Waals surface area contributed by atoms with Crippen LogP contribution in [0.4, 0.5) is 5.69 Å². The second kappa shape index (κ2) is 9.03. The van der Waals surface area contributed by atoms with Gasteiger partial charge in [-0.15, -0.1) is 11.3 Å². The van der Waals surface area contributed by atoms with Crippen molar-refractivity contribution >= 4 is 23.0 Å². The van der Waals surface area contributed by atoms with Gasteiger partial charge in [-0.25, -0.2) is 4.98 Å². The van der Waals surface area contributed by atoms with Crippen LogP contribution in [-0.2, 0) is 6.42 Å². The smallest absolute Gasteiger partial charge is 0.191 e. The van der Waals surface area contributed by atoms with E-state index in [2.05, 4.69) is 64.0 Å². The highest BCUT2D eigenvalue weighted by Crippen LogP contribution is 2.20. The number of aliphatic imine (C=N–C) groups is 1. The number of thiazole rings is 1. The van der Waals surface area contributed by atoms with Gasteiger partial charge in [0, 0.05) is 49.7 Å². The monoisotopic (exact) mass is 371 g/mol. The molecule has 0 radical (unpaired) electrons. The summed E-state index contributed by atoms with van der Waals surface area (Å²) in [6, 6.07) is 9.22. The van der Waals surface area contributed by atoms with Gasteiger partial charge in [-0.1, -0.05) is 17.7 Å². The summed E-state index contributed by atoms with van der Waals surface area (Å²) in [6.45, 7) is 10.0. The fourth-order valence-electron chi connectivity index (χ4n) is 3.19. The first-order valence-electron chi connectivity index (χ1n) is 9.41. The van der Waals surface area contributed by atoms with Crippen LogP contribution in [0.25, 0.3) is 0 Å². The quantitative estimate of drug-likeness (QED) is 0.605. The average molecular weight is 372 g/mol. The molecule has 0 bridgehead atoms. The first-order chi connectivity index (χ1) is 12.6. The van der Waals surface area contributed by atoms with E-state index < -0.39 is 0 Å². The van der Waals surface area contributed by atoms with E-state index in [0.717, 1.165) is 55.7 Å². The number of nitrogens with one attached hydrogen (secondary N) is 2. The molecule has 1 aliphatic rings. The molecule has 2 heterocycles. The Labute approximate surface area is 160 Å². The van der Waals surface area contributed by atoms with E-state index in [1.807, 2.05) is 6.92 Å². The van der Waals surface area contributed by atoms with Gasteiger partial charge in [0.25, 0.3) is 0 Å². The maximum atomic E-state index is 4.73. The number of anilines is 1. The van der Waals surface area contributed by atoms with Gasteiger partial charge in [0.1, 0.15) is 0 Å². The van der Waals surface area contributed by atoms with Crippen molar-refractivity contribution in [3.05, 3.63) is 45.9 Å². The van der Waals surface area contributed by atoms with Crippen molar-refractivity contribution in [3.63, 3.8) is 0 Å². The maximum absolute atomic E-state index is 4.73. The van der Waals surface area contributed by atoms with Gasteiger partial charge >= 0.3 is 0 Å². The van der Waals surface area contributed by atoms with E-state index in [0.29, 0.717) is 6.04 Å². The van der Waals surface area contributed by atoms with Crippen LogP contribution in [0.2, 0.25) is 0 Å². The lowest BCUT2D eigenvalue weighted by Gasteiger charge is -2.20. The Bertz CT molecular complexity index is 722. The van der Waals surface area contributed by atoms with E-state index in [1.165, 1.54) is 11.3 Å². The summed E-state index contributed by atoms with van der Waals surface area (Å²) in [5, 5.41) is 10.2. The average Bonchev–Trinajstić information content (AvgIpc) is 3.25. The van der Waals surface area contributed by atoms with Gasteiger partial charge in [-0.3, -0.25) is 4.99 Å². The number of nitrogens with zero attached hydrogens (tertiary/aromatic N) is 3. The minimum Gasteiger partial charge on any atom is -0.369 e. The highest BCUT2D eigenvalue weighted by Gasteiger charge is 2.23. The number of aromatic nitrogens is 1. The lowest BCUT2D eigenvalue weighted by atomic mass is 10.2. The fourth-order valence-corrected chi connectivity index (χ4v) is 3.83. The van der Waals surface area contributed by atoms with Gasteiger partial charge in [0.2, 0.25) is 0 Å². The molecule has 5 nitrogen and oxygen atoms in total. The molecule has 26 heavy (non-hydrogen) atoms. The van der Waals surface area contributed by atoms with Crippen LogP contribution in [0.5, 0.6) is 0 Å². The van der Waals surface area contributed by atoms with Crippen molar-refractivity contribution in [1.29, 1.82) is 0 Å². The van der Waals surface area contributed by atoms with Gasteiger partial charge in [-0.2, -0.15) is 0 Å². The largest absolute Gasteiger partial charge is 0.369 e. The molecular weight excluding hydrogens is 342 g/mol. The molecule has 3 rings (SSSR count). The Morgan fingerprint density at radius 2 is 2.12 bits per heavy atom. The number of benzene rings is 1. The number of guanidine groups is 1. The molecule has 1 aliphatic heterocycles. The third-order valence-electron chi connectivity index (χ3n) is 4.58. The van der Waals surface area contributed by atoms with E-state index in [4.69, 9.17) is 4.99 Å². The Hall–Kier alpha value is -2.08. The normalized spacial score (nSPS) is 17.6. The third-order valence-corrected chi connectivity index (χ3v) is 5.40. The summed E-state index contributed by atoms with van der Waals surface area (Å²) >= 11 is 1.70. The second-order valence-corrected chi connectivity index (χ2v) is 7.84. The predicted octanol–water partition coefficient (Wildman–Crippen LogP) is 3.14. The summed E-state index contributed by atoms with van der Waals surface area (Å²) in [6.07, 6.45) is 2.02. The standard InChI is InChI=1S/C20H29N5S/c1-4-21-20(22-11-9-18-14-26-16(3)23-18)24-17-10-12-25(13-17)19-7-5-15(2)6-8-19/h5-8,14,17H,4,9-13H2,1-3H3,(H2,21,22,24). The molecule has 1 aromatic carbocycles. The molecule has 1 saturated heterocycles. The van der Waals surface area contributed by atoms with Crippen molar-refractivity contribution in [2.45, 2.75) is 39.7 Å². The predicted molar refractivity (Wildman–Crippen MR) is 111 cm³/mol. The molecule has 1 unspecified atom stereocenters. The van der Waals surface area contributed by atoms with Crippen LogP contribution >= 0.6 is 11.3 Å². The lowest BCUT2D eigenvalue weighted by Crippen LogP contribution is -2.44. The minimum absolute atomic E-state index is 0.427. The van der Waals surface area contributed by atoms with Crippen molar-refractivity contribution < 1.29 is 0 Å². The second-order valence-electron chi connectivity index (χ2n) is 6.78. The zero-order chi connectivity index (χ0) is 18.4. The molecule has 1 atom stereocenters. The van der Waals surface area contributed by atoms with E-state index >= 15 is 0 Å². The van der Waals surface area contributed by atoms with Crippen LogP contribution in [0, 0.1) is 13.8 Å². The number of rotatable bonds is 6. The van der Waals surface area contributed by atoms with Crippen LogP contribution in [0.3, 0.4) is 0 Å². The van der Waals surface area contributed by atoms with Crippen LogP contribution in [0.15, 0.2) is 34.6 Å². The summed E-state index contributed by atoms with van der Waals surface area (Å²) in [4.78, 5) is 11.7. The Morgan fingerprint density at radius 1 is 1.31 bits per heavy atom. The number of aryl methyl sites for hydroxylation is 2. The fraction of sp³-hybridized carbons (Fsp3) is 0.500. The summed E-state index contributed by atoms with van der Waals surface area (Å²) < 4.78 is 0. The van der Waals surface area contributed by atoms with Crippen LogP contribution in [0.1, 0.15) is 29.6 Å². The number of hydrogen-bond acceptors (Lipinski definition) is 4. The van der Waals surface area contributed by atoms with Gasteiger partial charge in [0.15, 0.2) is 5.96 Å². The topological polar surface area (TPSA) is 52.6 Å². The molecule has 2 N–H and O–H groups in total. The van der Waals surface area contributed by atoms with E-state index in [1.54, 1.807) is 11.3 Å². The van der Waals surface area contributed by atoms with E-state index in [9.17, 15) is 0 Å². The summed E-state index contributed by atoms with van der Waals surface area (Å²) in [5.41, 5.74) is 3.75. The molecule has 1 fully saturated rings. The molecular formula is C20H29N5S. The molecule has 6 heteroatoms. The Kier molecular flexibility index (Phi) is 6.50. The first-order valence-corrected chi connectivity index (χ1v) is 10.3. The third kappa shape index (κ3) is 5.21. The molecule has 1 aromatic heterocycles. The lowest BCUT2D eigenvalue weighted by molar-refractivity contribution is 0.649. The molecule has 0 aliphatic carbocycles. The van der Waals surface area contributed by atoms with Crippen LogP contribution in [-0.4, -0.2) is 43.2 Å². The zero-order valence-corrected chi connectivity index (χ0v) is 16.8. The van der Waals surface area contributed by atoms with Crippen LogP contribution < -0.4 is 15.5 Å². The number of hydrogen-bond donors (Lipinski definition) is 2. The first kappa shape index (κ1) is 18.7. The molecule has 140 valence electrons. The Balaban J connectivity index is 1.52. The molecule has 0 spiro atoms. The Morgan fingerprint density at radius 3 is 2.81 bits per heavy atom. The van der Waals surface area contributed by atoms with Crippen molar-refractivity contribution in [1.82, 2.24) is 15.6 Å². The summed E-state index contributed by atoms with van der Waals surface area (Å²) in [7, 11) is 0. The van der Waals surface area contributed by atoms with Gasteiger partial charge in [-0.05, 0) is 39.3 Å². The minimum atomic E-state index is 0.427.